The molecule has 1 aromatic carbocycles. The quantitative estimate of drug-likeness (QED) is 0.696. The highest BCUT2D eigenvalue weighted by Gasteiger charge is 2.05. The molecule has 2 N–H and O–H groups in total. The maximum absolute atomic E-state index is 10.5. The van der Waals surface area contributed by atoms with Gasteiger partial charge in [-0.3, -0.25) is 9.69 Å². The molecule has 4 heteroatoms. The molecule has 0 saturated heterocycles. The average Bonchev–Trinajstić information content (AvgIpc) is 2.49. The van der Waals surface area contributed by atoms with E-state index in [-0.39, 0.29) is 12.5 Å². The Labute approximate surface area is 128 Å². The van der Waals surface area contributed by atoms with Gasteiger partial charge < -0.3 is 10.4 Å². The van der Waals surface area contributed by atoms with Crippen molar-refractivity contribution in [1.82, 2.24) is 10.2 Å². The second kappa shape index (κ2) is 9.53. The highest BCUT2D eigenvalue weighted by atomic mass is 16.4. The maximum Gasteiger partial charge on any atom is 0.303 e. The maximum atomic E-state index is 10.5. The molecule has 0 aromatic heterocycles. The van der Waals surface area contributed by atoms with Crippen molar-refractivity contribution >= 4 is 5.97 Å². The molecule has 0 aliphatic heterocycles. The Morgan fingerprint density at radius 2 is 1.76 bits per heavy atom. The molecule has 1 unspecified atom stereocenters. The molecule has 4 nitrogen and oxygen atoms in total. The number of carboxylic acids is 1. The summed E-state index contributed by atoms with van der Waals surface area (Å²) >= 11 is 0. The average molecular weight is 292 g/mol. The minimum absolute atomic E-state index is 0.219. The molecular formula is C17H28N2O2. The van der Waals surface area contributed by atoms with Crippen LogP contribution in [0, 0.1) is 0 Å². The molecule has 0 heterocycles. The van der Waals surface area contributed by atoms with Gasteiger partial charge in [0.25, 0.3) is 0 Å². The van der Waals surface area contributed by atoms with E-state index in [2.05, 4.69) is 48.3 Å². The Morgan fingerprint density at radius 1 is 1.19 bits per heavy atom. The van der Waals surface area contributed by atoms with Crippen LogP contribution in [-0.4, -0.2) is 35.1 Å². The zero-order valence-corrected chi connectivity index (χ0v) is 13.4. The van der Waals surface area contributed by atoms with Crippen molar-refractivity contribution in [3.05, 3.63) is 35.4 Å². The number of aliphatic carboxylic acids is 1. The van der Waals surface area contributed by atoms with Gasteiger partial charge in [0.05, 0.1) is 0 Å². The highest BCUT2D eigenvalue weighted by molar-refractivity contribution is 5.66. The van der Waals surface area contributed by atoms with E-state index < -0.39 is 5.97 Å². The summed E-state index contributed by atoms with van der Waals surface area (Å²) in [6.45, 7) is 10.3. The van der Waals surface area contributed by atoms with E-state index in [0.717, 1.165) is 26.2 Å². The van der Waals surface area contributed by atoms with Crippen LogP contribution >= 0.6 is 0 Å². The third-order valence-corrected chi connectivity index (χ3v) is 3.77. The molecule has 0 spiro atoms. The van der Waals surface area contributed by atoms with Crippen LogP contribution in [0.3, 0.4) is 0 Å². The van der Waals surface area contributed by atoms with E-state index in [9.17, 15) is 4.79 Å². The van der Waals surface area contributed by atoms with E-state index in [1.54, 1.807) is 0 Å². The van der Waals surface area contributed by atoms with Gasteiger partial charge in [0.1, 0.15) is 0 Å². The van der Waals surface area contributed by atoms with Crippen molar-refractivity contribution < 1.29 is 9.90 Å². The summed E-state index contributed by atoms with van der Waals surface area (Å²) in [6.07, 6.45) is 0.881. The largest absolute Gasteiger partial charge is 0.481 e. The number of carbonyl (C=O) groups is 1. The zero-order valence-electron chi connectivity index (χ0n) is 13.4. The van der Waals surface area contributed by atoms with Crippen molar-refractivity contribution in [3.8, 4) is 0 Å². The molecule has 0 fully saturated rings. The lowest BCUT2D eigenvalue weighted by Gasteiger charge is -2.18. The van der Waals surface area contributed by atoms with Gasteiger partial charge in [0, 0.05) is 25.6 Å². The summed E-state index contributed by atoms with van der Waals surface area (Å²) < 4.78 is 0. The van der Waals surface area contributed by atoms with E-state index in [1.165, 1.54) is 11.1 Å². The molecule has 0 radical (unpaired) electrons. The summed E-state index contributed by atoms with van der Waals surface area (Å²) in [5.74, 6) is -0.732. The third kappa shape index (κ3) is 7.25. The van der Waals surface area contributed by atoms with Crippen LogP contribution in [0.1, 0.15) is 44.7 Å². The predicted molar refractivity (Wildman–Crippen MR) is 86.2 cm³/mol. The number of carboxylic acid groups (broad SMARTS) is 1. The lowest BCUT2D eigenvalue weighted by Crippen LogP contribution is -2.26. The smallest absolute Gasteiger partial charge is 0.303 e. The van der Waals surface area contributed by atoms with Gasteiger partial charge in [-0.2, -0.15) is 0 Å². The summed E-state index contributed by atoms with van der Waals surface area (Å²) in [5, 5.41) is 12.0. The van der Waals surface area contributed by atoms with E-state index >= 15 is 0 Å². The normalized spacial score (nSPS) is 12.6. The third-order valence-electron chi connectivity index (χ3n) is 3.77. The first-order valence-electron chi connectivity index (χ1n) is 7.80. The second-order valence-electron chi connectivity index (χ2n) is 5.49. The van der Waals surface area contributed by atoms with Crippen molar-refractivity contribution in [2.24, 2.45) is 0 Å². The molecule has 118 valence electrons. The molecule has 21 heavy (non-hydrogen) atoms. The van der Waals surface area contributed by atoms with Crippen molar-refractivity contribution in [3.63, 3.8) is 0 Å². The Bertz CT molecular complexity index is 413. The zero-order chi connectivity index (χ0) is 15.7. The van der Waals surface area contributed by atoms with Gasteiger partial charge in [0.15, 0.2) is 0 Å². The molecular weight excluding hydrogens is 264 g/mol. The lowest BCUT2D eigenvalue weighted by atomic mass is 10.1. The molecule has 0 aliphatic carbocycles. The Hall–Kier alpha value is -1.39. The molecule has 0 saturated carbocycles. The SMILES string of the molecule is CCN(CC)Cc1ccc(CNC(C)CCC(=O)O)cc1. The first-order chi connectivity index (χ1) is 10.0. The minimum atomic E-state index is -0.732. The Balaban J connectivity index is 2.38. The molecule has 1 aromatic rings. The Kier molecular flexibility index (Phi) is 8.01. The van der Waals surface area contributed by atoms with Crippen LogP contribution < -0.4 is 5.32 Å². The van der Waals surface area contributed by atoms with Crippen LogP contribution in [-0.2, 0) is 17.9 Å². The summed E-state index contributed by atoms with van der Waals surface area (Å²) in [7, 11) is 0. The lowest BCUT2D eigenvalue weighted by molar-refractivity contribution is -0.137. The topological polar surface area (TPSA) is 52.6 Å². The highest BCUT2D eigenvalue weighted by Crippen LogP contribution is 2.08. The van der Waals surface area contributed by atoms with Crippen LogP contribution in [0.25, 0.3) is 0 Å². The fourth-order valence-corrected chi connectivity index (χ4v) is 2.20. The van der Waals surface area contributed by atoms with Crippen molar-refractivity contribution in [2.75, 3.05) is 13.1 Å². The fourth-order valence-electron chi connectivity index (χ4n) is 2.20. The molecule has 0 amide bonds. The first-order valence-corrected chi connectivity index (χ1v) is 7.80. The van der Waals surface area contributed by atoms with Crippen LogP contribution in [0.2, 0.25) is 0 Å². The number of nitrogens with zero attached hydrogens (tertiary/aromatic N) is 1. The number of hydrogen-bond donors (Lipinski definition) is 2. The van der Waals surface area contributed by atoms with Crippen LogP contribution in [0.5, 0.6) is 0 Å². The molecule has 0 aliphatic rings. The van der Waals surface area contributed by atoms with Gasteiger partial charge >= 0.3 is 5.97 Å². The second-order valence-corrected chi connectivity index (χ2v) is 5.49. The van der Waals surface area contributed by atoms with Gasteiger partial charge in [-0.05, 0) is 37.6 Å². The first kappa shape index (κ1) is 17.7. The van der Waals surface area contributed by atoms with E-state index in [0.29, 0.717) is 6.42 Å². The number of rotatable bonds is 10. The molecule has 1 rings (SSSR count). The van der Waals surface area contributed by atoms with Gasteiger partial charge in [-0.1, -0.05) is 38.1 Å². The number of nitrogens with one attached hydrogen (secondary N) is 1. The standard InChI is InChI=1S/C17H28N2O2/c1-4-19(5-2)13-16-9-7-15(8-10-16)12-18-14(3)6-11-17(20)21/h7-10,14,18H,4-6,11-13H2,1-3H3,(H,20,21). The van der Waals surface area contributed by atoms with Crippen LogP contribution in [0.15, 0.2) is 24.3 Å². The number of benzene rings is 1. The predicted octanol–water partition coefficient (Wildman–Crippen LogP) is 2.87. The molecule has 0 bridgehead atoms. The van der Waals surface area contributed by atoms with Crippen LogP contribution in [0.4, 0.5) is 0 Å². The van der Waals surface area contributed by atoms with Crippen molar-refractivity contribution in [1.29, 1.82) is 0 Å². The minimum Gasteiger partial charge on any atom is -0.481 e. The van der Waals surface area contributed by atoms with E-state index in [1.807, 2.05) is 6.92 Å². The van der Waals surface area contributed by atoms with Gasteiger partial charge in [0.2, 0.25) is 0 Å². The summed E-state index contributed by atoms with van der Waals surface area (Å²) in [6, 6.07) is 8.87. The molecule has 1 atom stereocenters. The van der Waals surface area contributed by atoms with Gasteiger partial charge in [-0.25, -0.2) is 0 Å². The Morgan fingerprint density at radius 3 is 2.29 bits per heavy atom. The monoisotopic (exact) mass is 292 g/mol. The van der Waals surface area contributed by atoms with Gasteiger partial charge in [-0.15, -0.1) is 0 Å². The number of hydrogen-bond acceptors (Lipinski definition) is 3. The van der Waals surface area contributed by atoms with Crippen molar-refractivity contribution in [2.45, 2.75) is 52.7 Å². The fraction of sp³-hybridized carbons (Fsp3) is 0.588. The summed E-state index contributed by atoms with van der Waals surface area (Å²) in [5.41, 5.74) is 2.57. The van der Waals surface area contributed by atoms with E-state index in [4.69, 9.17) is 5.11 Å². The summed E-state index contributed by atoms with van der Waals surface area (Å²) in [4.78, 5) is 12.9.